The molecule has 17 heavy (non-hydrogen) atoms. The third kappa shape index (κ3) is 6.01. The molecule has 2 N–H and O–H groups in total. The molecule has 1 rings (SSSR count). The summed E-state index contributed by atoms with van der Waals surface area (Å²) in [7, 11) is 0. The van der Waals surface area contributed by atoms with Gasteiger partial charge in [-0.1, -0.05) is 0 Å². The fourth-order valence-corrected chi connectivity index (χ4v) is 1.96. The van der Waals surface area contributed by atoms with Crippen LogP contribution in [0.15, 0.2) is 5.38 Å². The Labute approximate surface area is 104 Å². The van der Waals surface area contributed by atoms with Crippen LogP contribution in [0.3, 0.4) is 0 Å². The number of nitrogens with one attached hydrogen (secondary N) is 1. The highest BCUT2D eigenvalue weighted by atomic mass is 32.1. The van der Waals surface area contributed by atoms with Crippen LogP contribution in [0.5, 0.6) is 0 Å². The normalized spacial score (nSPS) is 10.2. The van der Waals surface area contributed by atoms with Crippen molar-refractivity contribution in [1.29, 1.82) is 0 Å². The molecule has 0 aliphatic rings. The van der Waals surface area contributed by atoms with Gasteiger partial charge >= 0.3 is 5.97 Å². The van der Waals surface area contributed by atoms with Crippen LogP contribution in [0.4, 0.5) is 0 Å². The minimum atomic E-state index is -0.797. The number of rotatable bonds is 7. The van der Waals surface area contributed by atoms with Crippen LogP contribution in [0, 0.1) is 6.92 Å². The number of aryl methyl sites for hydroxylation is 1. The molecule has 0 radical (unpaired) electrons. The summed E-state index contributed by atoms with van der Waals surface area (Å²) in [6.45, 7) is 2.42. The van der Waals surface area contributed by atoms with Crippen LogP contribution in [0.25, 0.3) is 0 Å². The Bertz CT molecular complexity index is 390. The molecule has 0 aliphatic heterocycles. The molecule has 1 aromatic heterocycles. The molecule has 0 bridgehead atoms. The number of carbonyl (C=O) groups is 2. The van der Waals surface area contributed by atoms with Crippen molar-refractivity contribution in [2.45, 2.75) is 32.6 Å². The topological polar surface area (TPSA) is 79.3 Å². The van der Waals surface area contributed by atoms with Crippen molar-refractivity contribution in [2.24, 2.45) is 0 Å². The van der Waals surface area contributed by atoms with Gasteiger partial charge in [0.2, 0.25) is 5.91 Å². The number of carboxylic acids is 1. The molecule has 0 unspecified atom stereocenters. The van der Waals surface area contributed by atoms with Crippen LogP contribution >= 0.6 is 11.3 Å². The van der Waals surface area contributed by atoms with E-state index in [0.29, 0.717) is 25.8 Å². The van der Waals surface area contributed by atoms with E-state index < -0.39 is 5.97 Å². The van der Waals surface area contributed by atoms with Crippen molar-refractivity contribution in [2.75, 3.05) is 6.54 Å². The Kier molecular flexibility index (Phi) is 5.62. The molecule has 1 heterocycles. The second-order valence-corrected chi connectivity index (χ2v) is 4.80. The Hall–Kier alpha value is -1.43. The van der Waals surface area contributed by atoms with E-state index >= 15 is 0 Å². The lowest BCUT2D eigenvalue weighted by Crippen LogP contribution is -2.26. The average Bonchev–Trinajstić information content (AvgIpc) is 2.63. The molecular weight excluding hydrogens is 240 g/mol. The molecule has 94 valence electrons. The first-order valence-corrected chi connectivity index (χ1v) is 6.35. The number of carbonyl (C=O) groups excluding carboxylic acids is 1. The average molecular weight is 256 g/mol. The smallest absolute Gasteiger partial charge is 0.303 e. The van der Waals surface area contributed by atoms with Gasteiger partial charge in [0, 0.05) is 18.3 Å². The molecule has 0 fully saturated rings. The molecule has 0 saturated heterocycles. The number of aliphatic carboxylic acids is 1. The van der Waals surface area contributed by atoms with Crippen molar-refractivity contribution < 1.29 is 14.7 Å². The highest BCUT2D eigenvalue weighted by Gasteiger charge is 2.05. The van der Waals surface area contributed by atoms with E-state index in [1.165, 1.54) is 11.3 Å². The lowest BCUT2D eigenvalue weighted by Gasteiger charge is -2.02. The van der Waals surface area contributed by atoms with Gasteiger partial charge in [0.25, 0.3) is 0 Å². The molecule has 6 heteroatoms. The number of unbranched alkanes of at least 4 members (excludes halogenated alkanes) is 1. The quantitative estimate of drug-likeness (QED) is 0.722. The number of nitrogens with zero attached hydrogens (tertiary/aromatic N) is 1. The molecule has 0 saturated carbocycles. The van der Waals surface area contributed by atoms with Crippen LogP contribution < -0.4 is 5.32 Å². The minimum Gasteiger partial charge on any atom is -0.481 e. The number of amides is 1. The van der Waals surface area contributed by atoms with E-state index in [1.807, 2.05) is 12.3 Å². The summed E-state index contributed by atoms with van der Waals surface area (Å²) in [6.07, 6.45) is 1.73. The maximum absolute atomic E-state index is 11.5. The fourth-order valence-electron chi connectivity index (χ4n) is 1.35. The van der Waals surface area contributed by atoms with Gasteiger partial charge in [0.1, 0.15) is 0 Å². The van der Waals surface area contributed by atoms with E-state index in [9.17, 15) is 9.59 Å². The second-order valence-electron chi connectivity index (χ2n) is 3.74. The van der Waals surface area contributed by atoms with Gasteiger partial charge in [-0.15, -0.1) is 11.3 Å². The molecule has 0 atom stereocenters. The number of aromatic nitrogens is 1. The molecule has 1 amide bonds. The number of thiazole rings is 1. The van der Waals surface area contributed by atoms with Gasteiger partial charge in [-0.2, -0.15) is 0 Å². The lowest BCUT2D eigenvalue weighted by atomic mass is 10.2. The third-order valence-electron chi connectivity index (χ3n) is 2.15. The van der Waals surface area contributed by atoms with Crippen molar-refractivity contribution >= 4 is 23.2 Å². The van der Waals surface area contributed by atoms with Gasteiger partial charge in [-0.25, -0.2) is 4.98 Å². The number of hydrogen-bond donors (Lipinski definition) is 2. The molecule has 1 aromatic rings. The minimum absolute atomic E-state index is 0.0642. The fraction of sp³-hybridized carbons (Fsp3) is 0.545. The van der Waals surface area contributed by atoms with E-state index in [0.717, 1.165) is 10.7 Å². The molecular formula is C11H16N2O3S. The highest BCUT2D eigenvalue weighted by molar-refractivity contribution is 7.09. The third-order valence-corrected chi connectivity index (χ3v) is 2.97. The Morgan fingerprint density at radius 2 is 2.24 bits per heavy atom. The van der Waals surface area contributed by atoms with E-state index in [-0.39, 0.29) is 12.3 Å². The molecule has 5 nitrogen and oxygen atoms in total. The summed E-state index contributed by atoms with van der Waals surface area (Å²) < 4.78 is 0. The SMILES string of the molecule is Cc1nc(CC(=O)NCCCCC(=O)O)cs1. The highest BCUT2D eigenvalue weighted by Crippen LogP contribution is 2.08. The lowest BCUT2D eigenvalue weighted by molar-refractivity contribution is -0.137. The molecule has 0 aliphatic carbocycles. The maximum atomic E-state index is 11.5. The first kappa shape index (κ1) is 13.6. The van der Waals surface area contributed by atoms with E-state index in [2.05, 4.69) is 10.3 Å². The van der Waals surface area contributed by atoms with Crippen LogP contribution in [-0.4, -0.2) is 28.5 Å². The van der Waals surface area contributed by atoms with Crippen LogP contribution in [0.1, 0.15) is 30.0 Å². The Morgan fingerprint density at radius 3 is 2.82 bits per heavy atom. The first-order chi connectivity index (χ1) is 8.08. The van der Waals surface area contributed by atoms with Gasteiger partial charge in [-0.05, 0) is 19.8 Å². The first-order valence-electron chi connectivity index (χ1n) is 5.47. The van der Waals surface area contributed by atoms with E-state index in [4.69, 9.17) is 5.11 Å². The van der Waals surface area contributed by atoms with Crippen molar-refractivity contribution in [3.05, 3.63) is 16.1 Å². The van der Waals surface area contributed by atoms with Gasteiger partial charge < -0.3 is 10.4 Å². The largest absolute Gasteiger partial charge is 0.481 e. The monoisotopic (exact) mass is 256 g/mol. The predicted molar refractivity (Wildman–Crippen MR) is 65.1 cm³/mol. The van der Waals surface area contributed by atoms with Gasteiger partial charge in [-0.3, -0.25) is 9.59 Å². The molecule has 0 spiro atoms. The number of hydrogen-bond acceptors (Lipinski definition) is 4. The summed E-state index contributed by atoms with van der Waals surface area (Å²) in [6, 6.07) is 0. The van der Waals surface area contributed by atoms with Crippen molar-refractivity contribution in [3.8, 4) is 0 Å². The maximum Gasteiger partial charge on any atom is 0.303 e. The van der Waals surface area contributed by atoms with Crippen LogP contribution in [-0.2, 0) is 16.0 Å². The van der Waals surface area contributed by atoms with Gasteiger partial charge in [0.05, 0.1) is 17.1 Å². The zero-order chi connectivity index (χ0) is 12.7. The summed E-state index contributed by atoms with van der Waals surface area (Å²) in [5.74, 6) is -0.861. The molecule has 0 aromatic carbocycles. The summed E-state index contributed by atoms with van der Waals surface area (Å²) in [5, 5.41) is 14.0. The second kappa shape index (κ2) is 7.01. The number of carboxylic acid groups (broad SMARTS) is 1. The Balaban J connectivity index is 2.11. The Morgan fingerprint density at radius 1 is 1.47 bits per heavy atom. The van der Waals surface area contributed by atoms with Crippen molar-refractivity contribution in [3.63, 3.8) is 0 Å². The summed E-state index contributed by atoms with van der Waals surface area (Å²) in [5.41, 5.74) is 0.788. The summed E-state index contributed by atoms with van der Waals surface area (Å²) >= 11 is 1.53. The van der Waals surface area contributed by atoms with E-state index in [1.54, 1.807) is 0 Å². The zero-order valence-electron chi connectivity index (χ0n) is 9.73. The van der Waals surface area contributed by atoms with Crippen LogP contribution in [0.2, 0.25) is 0 Å². The zero-order valence-corrected chi connectivity index (χ0v) is 10.5. The summed E-state index contributed by atoms with van der Waals surface area (Å²) in [4.78, 5) is 25.9. The predicted octanol–water partition coefficient (Wildman–Crippen LogP) is 1.37. The van der Waals surface area contributed by atoms with Crippen molar-refractivity contribution in [1.82, 2.24) is 10.3 Å². The standard InChI is InChI=1S/C11H16N2O3S/c1-8-13-9(7-17-8)6-10(14)12-5-3-2-4-11(15)16/h7H,2-6H2,1H3,(H,12,14)(H,15,16). The van der Waals surface area contributed by atoms with Gasteiger partial charge in [0.15, 0.2) is 0 Å².